The van der Waals surface area contributed by atoms with E-state index in [1.165, 1.54) is 5.56 Å². The second kappa shape index (κ2) is 4.26. The lowest BCUT2D eigenvalue weighted by Gasteiger charge is -2.08. The molecule has 3 nitrogen and oxygen atoms in total. The molecule has 0 fully saturated rings. The van der Waals surface area contributed by atoms with Gasteiger partial charge in [-0.25, -0.2) is 0 Å². The maximum absolute atomic E-state index is 4.84. The minimum atomic E-state index is 0.618. The molecule has 78 valence electrons. The van der Waals surface area contributed by atoms with Crippen molar-refractivity contribution in [1.29, 1.82) is 0 Å². The zero-order chi connectivity index (χ0) is 10.7. The van der Waals surface area contributed by atoms with Crippen LogP contribution in [0.4, 0.5) is 0 Å². The van der Waals surface area contributed by atoms with Crippen LogP contribution in [0.2, 0.25) is 0 Å². The minimum Gasteiger partial charge on any atom is -0.364 e. The van der Waals surface area contributed by atoms with Gasteiger partial charge in [0.2, 0.25) is 0 Å². The molecule has 0 saturated carbocycles. The molecule has 15 heavy (non-hydrogen) atoms. The molecule has 0 radical (unpaired) electrons. The van der Waals surface area contributed by atoms with Crippen molar-refractivity contribution in [2.75, 3.05) is 0 Å². The third-order valence-electron chi connectivity index (χ3n) is 2.23. The Labute approximate surface area is 89.1 Å². The number of nitrogens with zero attached hydrogens (tertiary/aromatic N) is 2. The highest BCUT2D eigenvalue weighted by molar-refractivity contribution is 5.60. The van der Waals surface area contributed by atoms with Gasteiger partial charge < -0.3 is 4.52 Å². The molecule has 3 heteroatoms. The second-order valence-electron chi connectivity index (χ2n) is 4.02. The summed E-state index contributed by atoms with van der Waals surface area (Å²) in [6, 6.07) is 4.07. The molecule has 0 spiro atoms. The predicted octanol–water partition coefficient (Wildman–Crippen LogP) is 2.94. The summed E-state index contributed by atoms with van der Waals surface area (Å²) in [7, 11) is 0. The highest BCUT2D eigenvalue weighted by Gasteiger charge is 2.09. The van der Waals surface area contributed by atoms with Crippen molar-refractivity contribution in [2.45, 2.75) is 20.3 Å². The van der Waals surface area contributed by atoms with E-state index in [2.05, 4.69) is 30.1 Å². The van der Waals surface area contributed by atoms with Gasteiger partial charge in [-0.05, 0) is 24.0 Å². The van der Waals surface area contributed by atoms with Gasteiger partial charge in [-0.3, -0.25) is 4.98 Å². The van der Waals surface area contributed by atoms with Gasteiger partial charge in [0, 0.05) is 6.20 Å². The summed E-state index contributed by atoms with van der Waals surface area (Å²) in [5.41, 5.74) is 3.18. The van der Waals surface area contributed by atoms with Crippen molar-refractivity contribution in [3.05, 3.63) is 36.4 Å². The van der Waals surface area contributed by atoms with Crippen LogP contribution in [0, 0.1) is 5.92 Å². The Balaban J connectivity index is 2.38. The van der Waals surface area contributed by atoms with Crippen molar-refractivity contribution in [3.63, 3.8) is 0 Å². The third kappa shape index (κ3) is 2.24. The summed E-state index contributed by atoms with van der Waals surface area (Å²) < 4.78 is 4.84. The average Bonchev–Trinajstić information content (AvgIpc) is 2.70. The lowest BCUT2D eigenvalue weighted by atomic mass is 9.99. The largest absolute Gasteiger partial charge is 0.364 e. The third-order valence-corrected chi connectivity index (χ3v) is 2.23. The Morgan fingerprint density at radius 1 is 1.40 bits per heavy atom. The van der Waals surface area contributed by atoms with E-state index in [0.717, 1.165) is 17.7 Å². The van der Waals surface area contributed by atoms with Crippen LogP contribution in [0.15, 0.2) is 35.3 Å². The van der Waals surface area contributed by atoms with Crippen molar-refractivity contribution in [1.82, 2.24) is 10.1 Å². The highest BCUT2D eigenvalue weighted by atomic mass is 16.5. The van der Waals surface area contributed by atoms with E-state index in [1.807, 2.05) is 6.07 Å². The SMILES string of the molecule is CC(C)Cc1cccnc1-c1cnoc1. The van der Waals surface area contributed by atoms with Gasteiger partial charge in [-0.15, -0.1) is 0 Å². The number of pyridine rings is 1. The quantitative estimate of drug-likeness (QED) is 0.768. The topological polar surface area (TPSA) is 38.9 Å². The number of hydrogen-bond acceptors (Lipinski definition) is 3. The summed E-state index contributed by atoms with van der Waals surface area (Å²) in [5, 5.41) is 3.70. The first-order valence-electron chi connectivity index (χ1n) is 5.11. The van der Waals surface area contributed by atoms with Crippen LogP contribution in [0.1, 0.15) is 19.4 Å². The van der Waals surface area contributed by atoms with E-state index in [0.29, 0.717) is 5.92 Å². The fourth-order valence-electron chi connectivity index (χ4n) is 1.62. The molecule has 0 aliphatic heterocycles. The average molecular weight is 202 g/mol. The number of aromatic nitrogens is 2. The smallest absolute Gasteiger partial charge is 0.133 e. The monoisotopic (exact) mass is 202 g/mol. The Hall–Kier alpha value is -1.64. The first kappa shape index (κ1) is 9.90. The minimum absolute atomic E-state index is 0.618. The molecular formula is C12H14N2O. The molecule has 0 saturated heterocycles. The van der Waals surface area contributed by atoms with Crippen molar-refractivity contribution < 1.29 is 4.52 Å². The molecule has 2 rings (SSSR count). The van der Waals surface area contributed by atoms with Gasteiger partial charge in [-0.1, -0.05) is 25.1 Å². The lowest BCUT2D eigenvalue weighted by molar-refractivity contribution is 0.420. The molecule has 2 heterocycles. The van der Waals surface area contributed by atoms with Crippen LogP contribution in [-0.4, -0.2) is 10.1 Å². The van der Waals surface area contributed by atoms with Gasteiger partial charge in [0.25, 0.3) is 0 Å². The second-order valence-corrected chi connectivity index (χ2v) is 4.02. The molecule has 2 aromatic rings. The Kier molecular flexibility index (Phi) is 2.81. The van der Waals surface area contributed by atoms with E-state index in [-0.39, 0.29) is 0 Å². The number of rotatable bonds is 3. The fourth-order valence-corrected chi connectivity index (χ4v) is 1.62. The fraction of sp³-hybridized carbons (Fsp3) is 0.333. The molecule has 0 bridgehead atoms. The van der Waals surface area contributed by atoms with Crippen LogP contribution in [0.25, 0.3) is 11.3 Å². The standard InChI is InChI=1S/C12H14N2O/c1-9(2)6-10-4-3-5-13-12(10)11-7-14-15-8-11/h3-5,7-9H,6H2,1-2H3. The first-order valence-corrected chi connectivity index (χ1v) is 5.11. The van der Waals surface area contributed by atoms with Crippen LogP contribution >= 0.6 is 0 Å². The Bertz CT molecular complexity index is 421. The van der Waals surface area contributed by atoms with Crippen LogP contribution in [0.5, 0.6) is 0 Å². The van der Waals surface area contributed by atoms with Crippen LogP contribution < -0.4 is 0 Å². The normalized spacial score (nSPS) is 10.9. The van der Waals surface area contributed by atoms with E-state index in [4.69, 9.17) is 4.52 Å². The van der Waals surface area contributed by atoms with E-state index >= 15 is 0 Å². The molecule has 0 N–H and O–H groups in total. The van der Waals surface area contributed by atoms with E-state index in [1.54, 1.807) is 18.7 Å². The zero-order valence-electron chi connectivity index (χ0n) is 8.97. The number of hydrogen-bond donors (Lipinski definition) is 0. The summed E-state index contributed by atoms with van der Waals surface area (Å²) in [6.45, 7) is 4.40. The molecule has 0 unspecified atom stereocenters. The Morgan fingerprint density at radius 2 is 2.27 bits per heavy atom. The maximum Gasteiger partial charge on any atom is 0.133 e. The van der Waals surface area contributed by atoms with Crippen molar-refractivity contribution >= 4 is 0 Å². The maximum atomic E-state index is 4.84. The molecule has 0 aromatic carbocycles. The van der Waals surface area contributed by atoms with Crippen molar-refractivity contribution in [2.24, 2.45) is 5.92 Å². The summed E-state index contributed by atoms with van der Waals surface area (Å²) >= 11 is 0. The molecule has 0 atom stereocenters. The highest BCUT2D eigenvalue weighted by Crippen LogP contribution is 2.22. The first-order chi connectivity index (χ1) is 7.27. The van der Waals surface area contributed by atoms with Gasteiger partial charge in [0.15, 0.2) is 0 Å². The molecule has 0 aliphatic carbocycles. The Morgan fingerprint density at radius 3 is 2.93 bits per heavy atom. The van der Waals surface area contributed by atoms with Gasteiger partial charge >= 0.3 is 0 Å². The van der Waals surface area contributed by atoms with Crippen LogP contribution in [-0.2, 0) is 6.42 Å². The molecular weight excluding hydrogens is 188 g/mol. The summed E-state index contributed by atoms with van der Waals surface area (Å²) in [4.78, 5) is 4.37. The molecule has 0 aliphatic rings. The predicted molar refractivity (Wildman–Crippen MR) is 58.3 cm³/mol. The molecule has 2 aromatic heterocycles. The zero-order valence-corrected chi connectivity index (χ0v) is 8.97. The summed E-state index contributed by atoms with van der Waals surface area (Å²) in [6.07, 6.45) is 6.15. The van der Waals surface area contributed by atoms with Gasteiger partial charge in [-0.2, -0.15) is 0 Å². The molecule has 0 amide bonds. The van der Waals surface area contributed by atoms with Crippen molar-refractivity contribution in [3.8, 4) is 11.3 Å². The van der Waals surface area contributed by atoms with E-state index in [9.17, 15) is 0 Å². The van der Waals surface area contributed by atoms with Gasteiger partial charge in [0.1, 0.15) is 6.26 Å². The van der Waals surface area contributed by atoms with E-state index < -0.39 is 0 Å². The lowest BCUT2D eigenvalue weighted by Crippen LogP contribution is -1.97. The van der Waals surface area contributed by atoms with Crippen LogP contribution in [0.3, 0.4) is 0 Å². The summed E-state index contributed by atoms with van der Waals surface area (Å²) in [5.74, 6) is 0.618. The van der Waals surface area contributed by atoms with Gasteiger partial charge in [0.05, 0.1) is 17.5 Å².